The Bertz CT molecular complexity index is 1030. The summed E-state index contributed by atoms with van der Waals surface area (Å²) in [4.78, 5) is 17.3. The van der Waals surface area contributed by atoms with Crippen molar-refractivity contribution in [3.05, 3.63) is 60.0 Å². The van der Waals surface area contributed by atoms with Crippen molar-refractivity contribution in [3.8, 4) is 11.3 Å². The molecule has 0 radical (unpaired) electrons. The minimum atomic E-state index is 0.815. The van der Waals surface area contributed by atoms with Crippen LogP contribution < -0.4 is 0 Å². The number of imidazole rings is 2. The molecule has 0 aliphatic carbocycles. The summed E-state index contributed by atoms with van der Waals surface area (Å²) < 4.78 is 3.96. The maximum Gasteiger partial charge on any atom is 0.154 e. The number of nitrogens with zero attached hydrogens (tertiary/aromatic N) is 7. The van der Waals surface area contributed by atoms with Gasteiger partial charge in [-0.1, -0.05) is 0 Å². The highest BCUT2D eigenvalue weighted by molar-refractivity contribution is 5.55. The second kappa shape index (κ2) is 6.08. The van der Waals surface area contributed by atoms with E-state index in [2.05, 4.69) is 15.0 Å². The zero-order valence-corrected chi connectivity index (χ0v) is 14.5. The fourth-order valence-electron chi connectivity index (χ4n) is 2.87. The Hall–Kier alpha value is -3.09. The van der Waals surface area contributed by atoms with Gasteiger partial charge in [0.05, 0.1) is 22.8 Å². The van der Waals surface area contributed by atoms with Crippen molar-refractivity contribution in [3.63, 3.8) is 0 Å². The molecule has 25 heavy (non-hydrogen) atoms. The van der Waals surface area contributed by atoms with Crippen molar-refractivity contribution < 1.29 is 0 Å². The maximum atomic E-state index is 4.72. The van der Waals surface area contributed by atoms with Crippen molar-refractivity contribution in [1.82, 2.24) is 34.1 Å². The van der Waals surface area contributed by atoms with Gasteiger partial charge in [-0.3, -0.25) is 0 Å². The summed E-state index contributed by atoms with van der Waals surface area (Å²) in [5.74, 6) is 1.01. The highest BCUT2D eigenvalue weighted by Crippen LogP contribution is 2.17. The van der Waals surface area contributed by atoms with Crippen LogP contribution in [0.25, 0.3) is 16.9 Å². The summed E-state index contributed by atoms with van der Waals surface area (Å²) >= 11 is 0. The standard InChI is InChI=1S/C18H19N7/c1-12-13(2)25-18(21-12)7-5-15(23-25)4-6-17-22-16(10-24(17)3)14-8-19-11-20-9-14/h5,7-11H,4,6H2,1-3H3. The molecule has 7 nitrogen and oxygen atoms in total. The average molecular weight is 333 g/mol. The molecule has 0 bridgehead atoms. The van der Waals surface area contributed by atoms with Gasteiger partial charge in [-0.25, -0.2) is 24.5 Å². The normalized spacial score (nSPS) is 11.3. The minimum absolute atomic E-state index is 0.815. The number of aryl methyl sites for hydroxylation is 5. The molecule has 0 aliphatic heterocycles. The molecular formula is C18H19N7. The molecule has 4 aromatic heterocycles. The maximum absolute atomic E-state index is 4.72. The highest BCUT2D eigenvalue weighted by Gasteiger charge is 2.10. The molecule has 126 valence electrons. The summed E-state index contributed by atoms with van der Waals surface area (Å²) in [5.41, 5.74) is 5.84. The molecule has 0 amide bonds. The van der Waals surface area contributed by atoms with Gasteiger partial charge in [0.1, 0.15) is 12.2 Å². The van der Waals surface area contributed by atoms with Gasteiger partial charge in [0.15, 0.2) is 5.65 Å². The molecular weight excluding hydrogens is 314 g/mol. The van der Waals surface area contributed by atoms with Crippen LogP contribution in [0.3, 0.4) is 0 Å². The number of hydrogen-bond donors (Lipinski definition) is 0. The van der Waals surface area contributed by atoms with Crippen molar-refractivity contribution >= 4 is 5.65 Å². The van der Waals surface area contributed by atoms with Crippen LogP contribution in [0.15, 0.2) is 37.1 Å². The van der Waals surface area contributed by atoms with Crippen LogP contribution in [-0.2, 0) is 19.9 Å². The van der Waals surface area contributed by atoms with Crippen LogP contribution in [0.5, 0.6) is 0 Å². The first-order valence-corrected chi connectivity index (χ1v) is 8.21. The summed E-state index contributed by atoms with van der Waals surface area (Å²) in [7, 11) is 2.01. The predicted octanol–water partition coefficient (Wildman–Crippen LogP) is 2.32. The van der Waals surface area contributed by atoms with E-state index in [0.717, 1.165) is 52.7 Å². The quantitative estimate of drug-likeness (QED) is 0.573. The highest BCUT2D eigenvalue weighted by atomic mass is 15.3. The lowest BCUT2D eigenvalue weighted by Gasteiger charge is -2.03. The fourth-order valence-corrected chi connectivity index (χ4v) is 2.87. The van der Waals surface area contributed by atoms with Gasteiger partial charge >= 0.3 is 0 Å². The van der Waals surface area contributed by atoms with Crippen LogP contribution in [0.1, 0.15) is 22.9 Å². The van der Waals surface area contributed by atoms with Gasteiger partial charge in [0.25, 0.3) is 0 Å². The van der Waals surface area contributed by atoms with E-state index in [1.165, 1.54) is 6.33 Å². The monoisotopic (exact) mass is 333 g/mol. The number of rotatable bonds is 4. The van der Waals surface area contributed by atoms with E-state index < -0.39 is 0 Å². The molecule has 0 saturated carbocycles. The Morgan fingerprint density at radius 3 is 2.60 bits per heavy atom. The second-order valence-corrected chi connectivity index (χ2v) is 6.16. The number of fused-ring (bicyclic) bond motifs is 1. The van der Waals surface area contributed by atoms with Crippen molar-refractivity contribution in [2.24, 2.45) is 7.05 Å². The van der Waals surface area contributed by atoms with Gasteiger partial charge < -0.3 is 4.57 Å². The molecule has 4 heterocycles. The third-order valence-corrected chi connectivity index (χ3v) is 4.43. The van der Waals surface area contributed by atoms with Gasteiger partial charge in [0, 0.05) is 37.6 Å². The van der Waals surface area contributed by atoms with E-state index in [9.17, 15) is 0 Å². The average Bonchev–Trinajstić information content (AvgIpc) is 3.14. The molecule has 4 rings (SSSR count). The van der Waals surface area contributed by atoms with Crippen molar-refractivity contribution in [2.45, 2.75) is 26.7 Å². The van der Waals surface area contributed by atoms with Crippen LogP contribution in [-0.4, -0.2) is 34.1 Å². The fraction of sp³-hybridized carbons (Fsp3) is 0.278. The van der Waals surface area contributed by atoms with Crippen LogP contribution in [0.2, 0.25) is 0 Å². The topological polar surface area (TPSA) is 73.8 Å². The van der Waals surface area contributed by atoms with E-state index >= 15 is 0 Å². The van der Waals surface area contributed by atoms with E-state index in [-0.39, 0.29) is 0 Å². The molecule has 0 aromatic carbocycles. The lowest BCUT2D eigenvalue weighted by atomic mass is 10.2. The van der Waals surface area contributed by atoms with Crippen LogP contribution >= 0.6 is 0 Å². The summed E-state index contributed by atoms with van der Waals surface area (Å²) in [6.45, 7) is 4.05. The molecule has 0 spiro atoms. The Morgan fingerprint density at radius 1 is 1.00 bits per heavy atom. The smallest absolute Gasteiger partial charge is 0.154 e. The Kier molecular flexibility index (Phi) is 3.76. The summed E-state index contributed by atoms with van der Waals surface area (Å²) in [6.07, 6.45) is 8.72. The van der Waals surface area contributed by atoms with Crippen LogP contribution in [0, 0.1) is 13.8 Å². The van der Waals surface area contributed by atoms with E-state index in [0.29, 0.717) is 0 Å². The summed E-state index contributed by atoms with van der Waals surface area (Å²) in [5, 5.41) is 4.70. The first kappa shape index (κ1) is 15.4. The molecule has 0 fully saturated rings. The molecule has 0 saturated heterocycles. The van der Waals surface area contributed by atoms with Gasteiger partial charge in [0.2, 0.25) is 0 Å². The van der Waals surface area contributed by atoms with Gasteiger partial charge in [-0.05, 0) is 32.4 Å². The second-order valence-electron chi connectivity index (χ2n) is 6.16. The molecule has 0 atom stereocenters. The third-order valence-electron chi connectivity index (χ3n) is 4.43. The summed E-state index contributed by atoms with van der Waals surface area (Å²) in [6, 6.07) is 4.06. The third kappa shape index (κ3) is 2.88. The van der Waals surface area contributed by atoms with E-state index in [4.69, 9.17) is 10.1 Å². The SMILES string of the molecule is Cc1nc2ccc(CCc3nc(-c4cncnc4)cn3C)nn2c1C. The Labute approximate surface area is 145 Å². The number of hydrogen-bond acceptors (Lipinski definition) is 5. The van der Waals surface area contributed by atoms with E-state index in [1.807, 2.05) is 48.3 Å². The lowest BCUT2D eigenvalue weighted by Crippen LogP contribution is -2.04. The first-order chi connectivity index (χ1) is 12.1. The Morgan fingerprint density at radius 2 is 1.80 bits per heavy atom. The van der Waals surface area contributed by atoms with Gasteiger partial charge in [-0.15, -0.1) is 0 Å². The predicted molar refractivity (Wildman–Crippen MR) is 94.1 cm³/mol. The molecule has 0 unspecified atom stereocenters. The zero-order chi connectivity index (χ0) is 17.4. The first-order valence-electron chi connectivity index (χ1n) is 8.21. The molecule has 4 aromatic rings. The molecule has 0 aliphatic rings. The largest absolute Gasteiger partial charge is 0.337 e. The number of aromatic nitrogens is 7. The molecule has 0 N–H and O–H groups in total. The Balaban J connectivity index is 1.55. The van der Waals surface area contributed by atoms with Crippen LogP contribution in [0.4, 0.5) is 0 Å². The lowest BCUT2D eigenvalue weighted by molar-refractivity contribution is 0.741. The zero-order valence-electron chi connectivity index (χ0n) is 14.5. The minimum Gasteiger partial charge on any atom is -0.337 e. The van der Waals surface area contributed by atoms with Gasteiger partial charge in [-0.2, -0.15) is 5.10 Å². The van der Waals surface area contributed by atoms with Crippen molar-refractivity contribution in [2.75, 3.05) is 0 Å². The van der Waals surface area contributed by atoms with Crippen molar-refractivity contribution in [1.29, 1.82) is 0 Å². The molecule has 7 heteroatoms. The van der Waals surface area contributed by atoms with E-state index in [1.54, 1.807) is 12.4 Å².